The van der Waals surface area contributed by atoms with E-state index in [0.29, 0.717) is 17.6 Å². The molecule has 4 aliphatic rings. The quantitative estimate of drug-likeness (QED) is 0.156. The highest BCUT2D eigenvalue weighted by atomic mass is 16.6. The molecular formula is C25H37BN2O12. The molecule has 0 aromatic rings. The summed E-state index contributed by atoms with van der Waals surface area (Å²) in [5, 5.41) is 45.7. The van der Waals surface area contributed by atoms with Crippen LogP contribution in [0, 0.1) is 11.8 Å². The van der Waals surface area contributed by atoms with Crippen molar-refractivity contribution in [3.05, 3.63) is 23.3 Å². The van der Waals surface area contributed by atoms with Crippen molar-refractivity contribution in [1.82, 2.24) is 9.80 Å². The Balaban J connectivity index is 0.000000225. The molecule has 0 radical (unpaired) electrons. The van der Waals surface area contributed by atoms with Gasteiger partial charge in [-0.25, -0.2) is 0 Å². The smallest absolute Gasteiger partial charge is 0.426 e. The number of rotatable bonds is 7. The van der Waals surface area contributed by atoms with Gasteiger partial charge in [-0.15, -0.1) is 0 Å². The Morgan fingerprint density at radius 3 is 1.73 bits per heavy atom. The number of hydrogen-bond acceptors (Lipinski definition) is 12. The minimum atomic E-state index is -1.61. The lowest BCUT2D eigenvalue weighted by Gasteiger charge is -2.29. The molecule has 2 saturated heterocycles. The number of imide groups is 2. The maximum absolute atomic E-state index is 12.2. The predicted molar refractivity (Wildman–Crippen MR) is 137 cm³/mol. The van der Waals surface area contributed by atoms with Crippen LogP contribution in [0.1, 0.15) is 26.7 Å². The number of hydrogen-bond donors (Lipinski definition) is 5. The number of carbonyl (C=O) groups excluding carboxylic acids is 4. The second kappa shape index (κ2) is 13.4. The Bertz CT molecular complexity index is 1050. The highest BCUT2D eigenvalue weighted by Gasteiger charge is 2.45. The molecule has 0 saturated carbocycles. The molecule has 8 unspecified atom stereocenters. The first kappa shape index (κ1) is 32.0. The molecule has 4 rings (SSSR count). The summed E-state index contributed by atoms with van der Waals surface area (Å²) < 4.78 is 16.4. The van der Waals surface area contributed by atoms with Crippen LogP contribution in [0.5, 0.6) is 0 Å². The molecule has 8 atom stereocenters. The predicted octanol–water partition coefficient (Wildman–Crippen LogP) is -2.85. The van der Waals surface area contributed by atoms with Crippen molar-refractivity contribution >= 4 is 30.7 Å². The van der Waals surface area contributed by atoms with Crippen molar-refractivity contribution in [3.63, 3.8) is 0 Å². The summed E-state index contributed by atoms with van der Waals surface area (Å²) in [5.41, 5.74) is 0.957. The molecule has 40 heavy (non-hydrogen) atoms. The van der Waals surface area contributed by atoms with Gasteiger partial charge in [-0.05, 0) is 13.8 Å². The molecular weight excluding hydrogens is 531 g/mol. The Kier molecular flexibility index (Phi) is 10.8. The van der Waals surface area contributed by atoms with Gasteiger partial charge in [0.05, 0.1) is 56.0 Å². The van der Waals surface area contributed by atoms with Crippen LogP contribution in [0.2, 0.25) is 0 Å². The van der Waals surface area contributed by atoms with Crippen LogP contribution in [-0.4, -0.2) is 136 Å². The first-order valence-corrected chi connectivity index (χ1v) is 13.0. The summed E-state index contributed by atoms with van der Waals surface area (Å²) in [4.78, 5) is 49.7. The number of carbonyl (C=O) groups is 4. The minimum Gasteiger partial charge on any atom is -0.426 e. The zero-order chi connectivity index (χ0) is 29.9. The van der Waals surface area contributed by atoms with Gasteiger partial charge in [0.25, 0.3) is 11.8 Å². The molecule has 0 spiro atoms. The SMILES string of the molecule is CC1=CC(C2CC(O)C(CO)O2)C(=O)N(C)C1=O.CC1=CC(C2CC(OCB(O)O)C(CO)O2)C(=O)N(C)C1=O. The van der Waals surface area contributed by atoms with Gasteiger partial charge in [0.15, 0.2) is 0 Å². The lowest BCUT2D eigenvalue weighted by molar-refractivity contribution is -0.149. The summed E-state index contributed by atoms with van der Waals surface area (Å²) in [7, 11) is 1.24. The molecule has 5 N–H and O–H groups in total. The molecule has 0 aliphatic carbocycles. The Morgan fingerprint density at radius 1 is 0.850 bits per heavy atom. The van der Waals surface area contributed by atoms with Gasteiger partial charge in [0.1, 0.15) is 12.2 Å². The third kappa shape index (κ3) is 6.86. The summed E-state index contributed by atoms with van der Waals surface area (Å²) >= 11 is 0. The normalized spacial score (nSPS) is 34.5. The van der Waals surface area contributed by atoms with Crippen LogP contribution in [-0.2, 0) is 33.4 Å². The van der Waals surface area contributed by atoms with E-state index in [0.717, 1.165) is 9.80 Å². The largest absolute Gasteiger partial charge is 0.479 e. The van der Waals surface area contributed by atoms with Crippen LogP contribution in [0.4, 0.5) is 0 Å². The summed E-state index contributed by atoms with van der Waals surface area (Å²) in [6.45, 7) is 2.39. The van der Waals surface area contributed by atoms with E-state index < -0.39 is 55.6 Å². The van der Waals surface area contributed by atoms with Crippen molar-refractivity contribution in [3.8, 4) is 0 Å². The van der Waals surface area contributed by atoms with E-state index >= 15 is 0 Å². The molecule has 15 heteroatoms. The van der Waals surface area contributed by atoms with Crippen molar-refractivity contribution in [2.45, 2.75) is 63.3 Å². The second-order valence-electron chi connectivity index (χ2n) is 10.3. The number of aliphatic hydroxyl groups is 3. The van der Waals surface area contributed by atoms with Gasteiger partial charge in [-0.2, -0.15) is 0 Å². The van der Waals surface area contributed by atoms with Crippen LogP contribution >= 0.6 is 0 Å². The van der Waals surface area contributed by atoms with E-state index in [-0.39, 0.29) is 49.8 Å². The third-order valence-electron chi connectivity index (χ3n) is 7.48. The Morgan fingerprint density at radius 2 is 1.30 bits per heavy atom. The van der Waals surface area contributed by atoms with Gasteiger partial charge in [0.2, 0.25) is 11.8 Å². The van der Waals surface area contributed by atoms with E-state index in [4.69, 9.17) is 29.4 Å². The first-order chi connectivity index (χ1) is 18.8. The molecule has 0 aromatic heterocycles. The number of likely N-dealkylation sites (N-methyl/N-ethyl adjacent to an activating group) is 2. The standard InChI is InChI=1S/C13H20BNO7.C12H17NO5/c1-7-3-8(13(18)15(2)12(7)17)9-4-10(11(5-16)22-9)21-6-14(19)20;1-6-3-7(12(17)13(2)11(6)16)9-4-8(15)10(5-14)18-9/h3,8-11,16,19-20H,4-6H2,1-2H3;3,7-10,14-15H,4-5H2,1-2H3. The lowest BCUT2D eigenvalue weighted by Crippen LogP contribution is -2.45. The molecule has 14 nitrogen and oxygen atoms in total. The van der Waals surface area contributed by atoms with Gasteiger partial charge < -0.3 is 39.6 Å². The van der Waals surface area contributed by atoms with E-state index in [2.05, 4.69) is 0 Å². The third-order valence-corrected chi connectivity index (χ3v) is 7.48. The van der Waals surface area contributed by atoms with Crippen LogP contribution in [0.15, 0.2) is 23.3 Å². The fourth-order valence-corrected chi connectivity index (χ4v) is 5.21. The number of amides is 4. The highest BCUT2D eigenvalue weighted by Crippen LogP contribution is 2.33. The van der Waals surface area contributed by atoms with Crippen LogP contribution in [0.3, 0.4) is 0 Å². The van der Waals surface area contributed by atoms with Crippen molar-refractivity contribution < 1.29 is 58.8 Å². The van der Waals surface area contributed by atoms with Crippen molar-refractivity contribution in [1.29, 1.82) is 0 Å². The minimum absolute atomic E-state index is 0.282. The summed E-state index contributed by atoms with van der Waals surface area (Å²) in [6.07, 6.45) is 0.132. The highest BCUT2D eigenvalue weighted by molar-refractivity contribution is 6.40. The number of aliphatic hydroxyl groups excluding tert-OH is 3. The van der Waals surface area contributed by atoms with Gasteiger partial charge in [0, 0.05) is 38.1 Å². The average Bonchev–Trinajstić information content (AvgIpc) is 3.52. The first-order valence-electron chi connectivity index (χ1n) is 13.0. The molecule has 0 aromatic carbocycles. The molecule has 222 valence electrons. The van der Waals surface area contributed by atoms with Crippen molar-refractivity contribution in [2.24, 2.45) is 11.8 Å². The van der Waals surface area contributed by atoms with E-state index in [1.807, 2.05) is 0 Å². The molecule has 0 bridgehead atoms. The molecule has 4 aliphatic heterocycles. The van der Waals surface area contributed by atoms with E-state index in [1.54, 1.807) is 26.0 Å². The molecule has 2 fully saturated rings. The maximum Gasteiger partial charge on any atom is 0.479 e. The fraction of sp³-hybridized carbons (Fsp3) is 0.680. The summed E-state index contributed by atoms with van der Waals surface area (Å²) in [6, 6.07) is 0. The van der Waals surface area contributed by atoms with Crippen LogP contribution in [0.25, 0.3) is 0 Å². The van der Waals surface area contributed by atoms with Crippen LogP contribution < -0.4 is 0 Å². The zero-order valence-electron chi connectivity index (χ0n) is 22.9. The van der Waals surface area contributed by atoms with Gasteiger partial charge in [-0.3, -0.25) is 29.0 Å². The Hall–Kier alpha value is -2.50. The number of nitrogens with zero attached hydrogens (tertiary/aromatic N) is 2. The zero-order valence-corrected chi connectivity index (χ0v) is 22.9. The Labute approximate surface area is 231 Å². The van der Waals surface area contributed by atoms with Gasteiger partial charge in [-0.1, -0.05) is 12.2 Å². The maximum atomic E-state index is 12.2. The van der Waals surface area contributed by atoms with E-state index in [1.165, 1.54) is 14.1 Å². The molecule has 4 amide bonds. The fourth-order valence-electron chi connectivity index (χ4n) is 5.21. The monoisotopic (exact) mass is 568 g/mol. The number of ether oxygens (including phenoxy) is 3. The lowest BCUT2D eigenvalue weighted by atomic mass is 9.91. The van der Waals surface area contributed by atoms with Gasteiger partial charge >= 0.3 is 7.12 Å². The van der Waals surface area contributed by atoms with E-state index in [9.17, 15) is 29.4 Å². The second-order valence-corrected chi connectivity index (χ2v) is 10.3. The summed E-state index contributed by atoms with van der Waals surface area (Å²) in [5.74, 6) is -2.53. The molecule has 4 heterocycles. The average molecular weight is 568 g/mol. The topological polar surface area (TPSA) is 204 Å². The van der Waals surface area contributed by atoms with Crippen molar-refractivity contribution in [2.75, 3.05) is 33.8 Å².